The molecule has 10 heteroatoms. The van der Waals surface area contributed by atoms with Gasteiger partial charge in [-0.3, -0.25) is 4.79 Å². The molecule has 1 atom stereocenters. The van der Waals surface area contributed by atoms with E-state index in [1.54, 1.807) is 12.1 Å². The van der Waals surface area contributed by atoms with Gasteiger partial charge in [-0.1, -0.05) is 32.9 Å². The molecule has 1 saturated heterocycles. The first kappa shape index (κ1) is 28.4. The van der Waals surface area contributed by atoms with Gasteiger partial charge in [-0.2, -0.15) is 0 Å². The standard InChI is InChI=1S/C29H34FN3O5S.2H2/c1-18(2)17-38-22-13-20(12-21(30)14-22)24-11-10-23(27(31-24)33-16-19(3)15-29(33,4)5)28(35)32-39(36,37)26-9-7-6-8-25(26)34;;/h6-14,18-19,34H,15-17H2,1-5H3,(H,32,35);2*1H/t19-;;/m0../s1. The Kier molecular flexibility index (Phi) is 7.88. The number of nitrogens with zero attached hydrogens (tertiary/aromatic N) is 2. The Morgan fingerprint density at radius 3 is 2.59 bits per heavy atom. The molecular weight excluding hydrogens is 521 g/mol. The number of nitrogens with one attached hydrogen (secondary N) is 1. The lowest BCUT2D eigenvalue weighted by Gasteiger charge is -2.34. The van der Waals surface area contributed by atoms with Gasteiger partial charge in [0.2, 0.25) is 0 Å². The van der Waals surface area contributed by atoms with Gasteiger partial charge in [0.25, 0.3) is 15.9 Å². The highest BCUT2D eigenvalue weighted by atomic mass is 32.2. The molecule has 1 fully saturated rings. The van der Waals surface area contributed by atoms with Crippen molar-refractivity contribution in [3.05, 3.63) is 66.0 Å². The Morgan fingerprint density at radius 2 is 1.95 bits per heavy atom. The first-order valence-electron chi connectivity index (χ1n) is 12.8. The fourth-order valence-corrected chi connectivity index (χ4v) is 5.99. The highest BCUT2D eigenvalue weighted by Crippen LogP contribution is 2.39. The molecule has 0 saturated carbocycles. The van der Waals surface area contributed by atoms with E-state index in [1.807, 2.05) is 32.6 Å². The zero-order valence-corrected chi connectivity index (χ0v) is 23.5. The van der Waals surface area contributed by atoms with Crippen LogP contribution in [0.1, 0.15) is 54.3 Å². The lowest BCUT2D eigenvalue weighted by atomic mass is 9.97. The third kappa shape index (κ3) is 6.33. The molecule has 4 rings (SSSR count). The summed E-state index contributed by atoms with van der Waals surface area (Å²) in [7, 11) is -4.37. The SMILES string of the molecule is CC(C)COc1cc(F)cc(-c2ccc(C(=O)NS(=O)(=O)c3ccccc3O)c(N3C[C@@H](C)CC3(C)C)n2)c1.[HH].[HH]. The molecule has 3 aromatic rings. The van der Waals surface area contributed by atoms with Crippen LogP contribution in [0.25, 0.3) is 11.3 Å². The molecule has 1 amide bonds. The predicted molar refractivity (Wildman–Crippen MR) is 152 cm³/mol. The summed E-state index contributed by atoms with van der Waals surface area (Å²) in [4.78, 5) is 19.7. The second-order valence-electron chi connectivity index (χ2n) is 11.1. The zero-order valence-electron chi connectivity index (χ0n) is 22.7. The van der Waals surface area contributed by atoms with E-state index in [9.17, 15) is 22.7 Å². The molecule has 2 N–H and O–H groups in total. The van der Waals surface area contributed by atoms with Gasteiger partial charge in [0.1, 0.15) is 28.0 Å². The number of ether oxygens (including phenoxy) is 1. The van der Waals surface area contributed by atoms with Crippen molar-refractivity contribution >= 4 is 21.7 Å². The van der Waals surface area contributed by atoms with E-state index in [-0.39, 0.29) is 19.9 Å². The van der Waals surface area contributed by atoms with Crippen LogP contribution >= 0.6 is 0 Å². The predicted octanol–water partition coefficient (Wildman–Crippen LogP) is 5.86. The number of para-hydroxylation sites is 1. The average molecular weight is 560 g/mol. The summed E-state index contributed by atoms with van der Waals surface area (Å²) >= 11 is 0. The van der Waals surface area contributed by atoms with E-state index in [0.717, 1.165) is 6.42 Å². The van der Waals surface area contributed by atoms with E-state index >= 15 is 0 Å². The maximum Gasteiger partial charge on any atom is 0.268 e. The molecule has 1 aliphatic rings. The highest BCUT2D eigenvalue weighted by molar-refractivity contribution is 7.90. The van der Waals surface area contributed by atoms with Crippen LogP contribution in [-0.2, 0) is 10.0 Å². The molecule has 0 spiro atoms. The lowest BCUT2D eigenvalue weighted by Crippen LogP contribution is -2.41. The molecule has 0 bridgehead atoms. The molecule has 212 valence electrons. The minimum Gasteiger partial charge on any atom is -0.507 e. The van der Waals surface area contributed by atoms with Crippen molar-refractivity contribution < 1.29 is 30.3 Å². The Hall–Kier alpha value is -3.66. The van der Waals surface area contributed by atoms with Crippen LogP contribution in [0.15, 0.2) is 59.5 Å². The summed E-state index contributed by atoms with van der Waals surface area (Å²) in [6.07, 6.45) is 0.837. The van der Waals surface area contributed by atoms with Crippen LogP contribution in [0, 0.1) is 17.7 Å². The summed E-state index contributed by atoms with van der Waals surface area (Å²) in [6.45, 7) is 11.2. The largest absolute Gasteiger partial charge is 0.507 e. The van der Waals surface area contributed by atoms with Gasteiger partial charge in [-0.25, -0.2) is 22.5 Å². The van der Waals surface area contributed by atoms with E-state index < -0.39 is 32.4 Å². The molecular formula is C29H38FN3O5S. The van der Waals surface area contributed by atoms with Gasteiger partial charge in [0.05, 0.1) is 17.9 Å². The molecule has 8 nitrogen and oxygen atoms in total. The number of pyridine rings is 1. The number of aromatic hydroxyl groups is 1. The van der Waals surface area contributed by atoms with Crippen molar-refractivity contribution in [2.24, 2.45) is 11.8 Å². The van der Waals surface area contributed by atoms with Crippen molar-refractivity contribution in [2.45, 2.75) is 51.5 Å². The van der Waals surface area contributed by atoms with Crippen LogP contribution in [0.4, 0.5) is 10.2 Å². The first-order chi connectivity index (χ1) is 18.3. The minimum atomic E-state index is -4.37. The lowest BCUT2D eigenvalue weighted by molar-refractivity contribution is 0.0981. The number of hydrogen-bond donors (Lipinski definition) is 2. The topological polar surface area (TPSA) is 109 Å². The number of rotatable bonds is 8. The van der Waals surface area contributed by atoms with E-state index in [2.05, 4.69) is 11.6 Å². The number of hydrogen-bond acceptors (Lipinski definition) is 7. The van der Waals surface area contributed by atoms with Crippen molar-refractivity contribution in [1.29, 1.82) is 0 Å². The molecule has 1 aromatic heterocycles. The number of carbonyl (C=O) groups is 1. The van der Waals surface area contributed by atoms with Crippen LogP contribution in [-0.4, -0.2) is 43.1 Å². The highest BCUT2D eigenvalue weighted by Gasteiger charge is 2.39. The smallest absolute Gasteiger partial charge is 0.268 e. The number of anilines is 1. The van der Waals surface area contributed by atoms with E-state index in [1.165, 1.54) is 42.5 Å². The Balaban J connectivity index is 0.00000294. The van der Waals surface area contributed by atoms with Gasteiger partial charge in [0.15, 0.2) is 0 Å². The average Bonchev–Trinajstić information content (AvgIpc) is 3.13. The van der Waals surface area contributed by atoms with Crippen molar-refractivity contribution in [3.8, 4) is 22.8 Å². The number of amides is 1. The maximum absolute atomic E-state index is 14.5. The van der Waals surface area contributed by atoms with E-state index in [4.69, 9.17) is 9.72 Å². The number of halogens is 1. The van der Waals surface area contributed by atoms with Gasteiger partial charge in [0, 0.05) is 26.6 Å². The maximum atomic E-state index is 14.5. The number of phenolic OH excluding ortho intramolecular Hbond substituents is 1. The van der Waals surface area contributed by atoms with E-state index in [0.29, 0.717) is 41.9 Å². The van der Waals surface area contributed by atoms with Crippen LogP contribution < -0.4 is 14.4 Å². The van der Waals surface area contributed by atoms with Crippen molar-refractivity contribution in [2.75, 3.05) is 18.1 Å². The monoisotopic (exact) mass is 559 g/mol. The molecule has 39 heavy (non-hydrogen) atoms. The Labute approximate surface area is 231 Å². The summed E-state index contributed by atoms with van der Waals surface area (Å²) < 4.78 is 48.2. The Morgan fingerprint density at radius 1 is 1.23 bits per heavy atom. The second-order valence-corrected chi connectivity index (χ2v) is 12.7. The molecule has 0 aliphatic carbocycles. The van der Waals surface area contributed by atoms with Gasteiger partial charge < -0.3 is 14.7 Å². The van der Waals surface area contributed by atoms with Crippen LogP contribution in [0.2, 0.25) is 0 Å². The summed E-state index contributed by atoms with van der Waals surface area (Å²) in [5.41, 5.74) is 0.556. The van der Waals surface area contributed by atoms with Crippen molar-refractivity contribution in [1.82, 2.24) is 9.71 Å². The minimum absolute atomic E-state index is 0. The molecule has 2 heterocycles. The number of sulfonamides is 1. The molecule has 1 aliphatic heterocycles. The third-order valence-electron chi connectivity index (χ3n) is 6.58. The second kappa shape index (κ2) is 10.8. The summed E-state index contributed by atoms with van der Waals surface area (Å²) in [5, 5.41) is 10.0. The summed E-state index contributed by atoms with van der Waals surface area (Å²) in [6, 6.07) is 12.8. The zero-order chi connectivity index (χ0) is 28.5. The number of aromatic nitrogens is 1. The molecule has 2 aromatic carbocycles. The van der Waals surface area contributed by atoms with Crippen LogP contribution in [0.3, 0.4) is 0 Å². The number of benzene rings is 2. The van der Waals surface area contributed by atoms with Crippen molar-refractivity contribution in [3.63, 3.8) is 0 Å². The number of carbonyl (C=O) groups excluding carboxylic acids is 1. The van der Waals surface area contributed by atoms with Gasteiger partial charge in [-0.15, -0.1) is 0 Å². The third-order valence-corrected chi connectivity index (χ3v) is 7.96. The molecule has 0 unspecified atom stereocenters. The molecule has 0 radical (unpaired) electrons. The Bertz CT molecular complexity index is 1500. The van der Waals surface area contributed by atoms with Crippen LogP contribution in [0.5, 0.6) is 11.5 Å². The van der Waals surface area contributed by atoms with Gasteiger partial charge >= 0.3 is 0 Å². The quantitative estimate of drug-likeness (QED) is 0.356. The first-order valence-corrected chi connectivity index (χ1v) is 14.3. The summed E-state index contributed by atoms with van der Waals surface area (Å²) in [5.74, 6) is -0.622. The fourth-order valence-electron chi connectivity index (χ4n) is 4.92. The normalized spacial score (nSPS) is 16.9. The number of phenols is 1. The van der Waals surface area contributed by atoms with Gasteiger partial charge in [-0.05, 0) is 68.5 Å². The fraction of sp³-hybridized carbons (Fsp3) is 0.379.